The average Bonchev–Trinajstić information content (AvgIpc) is 2.70. The fourth-order valence-electron chi connectivity index (χ4n) is 1.74. The van der Waals surface area contributed by atoms with Crippen molar-refractivity contribution in [1.29, 1.82) is 0 Å². The zero-order valence-corrected chi connectivity index (χ0v) is 8.88. The van der Waals surface area contributed by atoms with Crippen molar-refractivity contribution in [2.24, 2.45) is 0 Å². The van der Waals surface area contributed by atoms with E-state index in [1.807, 2.05) is 18.4 Å². The maximum absolute atomic E-state index is 10.5. The van der Waals surface area contributed by atoms with Crippen molar-refractivity contribution in [3.63, 3.8) is 0 Å². The maximum Gasteiger partial charge on any atom is 0.160 e. The second-order valence-electron chi connectivity index (χ2n) is 3.99. The number of rotatable bonds is 2. The fraction of sp³-hybridized carbons (Fsp3) is 0.500. The average molecular weight is 211 g/mol. The van der Waals surface area contributed by atoms with Crippen molar-refractivity contribution in [3.05, 3.63) is 16.3 Å². The van der Waals surface area contributed by atoms with Crippen molar-refractivity contribution in [2.75, 3.05) is 18.0 Å². The van der Waals surface area contributed by atoms with Crippen LogP contribution in [-0.2, 0) is 0 Å². The summed E-state index contributed by atoms with van der Waals surface area (Å²) in [7, 11) is 0. The Morgan fingerprint density at radius 3 is 3.00 bits per heavy atom. The molecule has 1 unspecified atom stereocenters. The minimum atomic E-state index is -0.580. The molecule has 0 radical (unpaired) electrons. The molecule has 4 heteroatoms. The maximum atomic E-state index is 10.5. The second-order valence-corrected chi connectivity index (χ2v) is 4.94. The number of β-amino-alcohol motifs (C(OH)–C–C–N with tert-alkyl or cyclic N) is 1. The van der Waals surface area contributed by atoms with E-state index >= 15 is 0 Å². The molecule has 1 saturated heterocycles. The van der Waals surface area contributed by atoms with E-state index < -0.39 is 5.60 Å². The first-order valence-corrected chi connectivity index (χ1v) is 5.50. The summed E-state index contributed by atoms with van der Waals surface area (Å²) >= 11 is 1.45. The first-order chi connectivity index (χ1) is 6.61. The standard InChI is InChI=1S/C10H13NO2S/c1-10(13)2-3-11(7-10)8-4-9(5-12)14-6-8/h4-6,13H,2-3,7H2,1H3. The van der Waals surface area contributed by atoms with E-state index in [0.29, 0.717) is 6.54 Å². The van der Waals surface area contributed by atoms with E-state index in [9.17, 15) is 9.90 Å². The first kappa shape index (κ1) is 9.68. The summed E-state index contributed by atoms with van der Waals surface area (Å²) in [6.45, 7) is 3.37. The number of thiophene rings is 1. The summed E-state index contributed by atoms with van der Waals surface area (Å²) in [5.74, 6) is 0. The summed E-state index contributed by atoms with van der Waals surface area (Å²) < 4.78 is 0. The van der Waals surface area contributed by atoms with Crippen LogP contribution in [0.4, 0.5) is 5.69 Å². The lowest BCUT2D eigenvalue weighted by atomic mass is 10.1. The Labute approximate surface area is 87.0 Å². The molecule has 0 aromatic carbocycles. The first-order valence-electron chi connectivity index (χ1n) is 4.62. The molecule has 1 aliphatic rings. The minimum Gasteiger partial charge on any atom is -0.388 e. The van der Waals surface area contributed by atoms with Crippen LogP contribution in [0.5, 0.6) is 0 Å². The molecule has 1 aromatic rings. The van der Waals surface area contributed by atoms with Crippen molar-refractivity contribution in [2.45, 2.75) is 18.9 Å². The third-order valence-electron chi connectivity index (χ3n) is 2.54. The van der Waals surface area contributed by atoms with Gasteiger partial charge in [-0.2, -0.15) is 0 Å². The van der Waals surface area contributed by atoms with Crippen LogP contribution in [-0.4, -0.2) is 30.1 Å². The number of anilines is 1. The molecule has 0 amide bonds. The fourth-order valence-corrected chi connectivity index (χ4v) is 2.45. The topological polar surface area (TPSA) is 40.5 Å². The largest absolute Gasteiger partial charge is 0.388 e. The van der Waals surface area contributed by atoms with Crippen LogP contribution in [0.3, 0.4) is 0 Å². The quantitative estimate of drug-likeness (QED) is 0.754. The van der Waals surface area contributed by atoms with E-state index in [0.717, 1.165) is 29.8 Å². The van der Waals surface area contributed by atoms with Gasteiger partial charge in [-0.1, -0.05) is 0 Å². The number of carbonyl (C=O) groups is 1. The van der Waals surface area contributed by atoms with Gasteiger partial charge in [-0.05, 0) is 19.4 Å². The molecule has 14 heavy (non-hydrogen) atoms. The zero-order chi connectivity index (χ0) is 10.2. The highest BCUT2D eigenvalue weighted by Crippen LogP contribution is 2.29. The normalized spacial score (nSPS) is 26.9. The summed E-state index contributed by atoms with van der Waals surface area (Å²) in [4.78, 5) is 13.4. The van der Waals surface area contributed by atoms with Crippen molar-refractivity contribution in [3.8, 4) is 0 Å². The van der Waals surface area contributed by atoms with Gasteiger partial charge in [0, 0.05) is 24.2 Å². The van der Waals surface area contributed by atoms with Crippen molar-refractivity contribution >= 4 is 23.3 Å². The van der Waals surface area contributed by atoms with Crippen molar-refractivity contribution < 1.29 is 9.90 Å². The summed E-state index contributed by atoms with van der Waals surface area (Å²) in [6.07, 6.45) is 1.65. The number of carbonyl (C=O) groups excluding carboxylic acids is 1. The molecule has 1 aromatic heterocycles. The van der Waals surface area contributed by atoms with Crippen LogP contribution in [0, 0.1) is 0 Å². The molecular weight excluding hydrogens is 198 g/mol. The molecule has 1 aliphatic heterocycles. The van der Waals surface area contributed by atoms with Gasteiger partial charge in [-0.3, -0.25) is 4.79 Å². The lowest BCUT2D eigenvalue weighted by Gasteiger charge is -2.19. The van der Waals surface area contributed by atoms with E-state index in [-0.39, 0.29) is 0 Å². The minimum absolute atomic E-state index is 0.580. The Morgan fingerprint density at radius 2 is 2.50 bits per heavy atom. The highest BCUT2D eigenvalue weighted by atomic mass is 32.1. The Balaban J connectivity index is 2.13. The van der Waals surface area contributed by atoms with Gasteiger partial charge in [0.15, 0.2) is 6.29 Å². The Hall–Kier alpha value is -0.870. The van der Waals surface area contributed by atoms with Crippen LogP contribution in [0.25, 0.3) is 0 Å². The van der Waals surface area contributed by atoms with Gasteiger partial charge in [0.2, 0.25) is 0 Å². The van der Waals surface area contributed by atoms with Crippen molar-refractivity contribution in [1.82, 2.24) is 0 Å². The lowest BCUT2D eigenvalue weighted by molar-refractivity contribution is 0.0839. The molecule has 2 heterocycles. The molecular formula is C10H13NO2S. The molecule has 0 aliphatic carbocycles. The van der Waals surface area contributed by atoms with E-state index in [1.165, 1.54) is 11.3 Å². The molecule has 0 bridgehead atoms. The molecule has 2 rings (SSSR count). The van der Waals surface area contributed by atoms with E-state index in [4.69, 9.17) is 0 Å². The van der Waals surface area contributed by atoms with Crippen LogP contribution in [0.2, 0.25) is 0 Å². The summed E-state index contributed by atoms with van der Waals surface area (Å²) in [6, 6.07) is 1.87. The molecule has 0 saturated carbocycles. The van der Waals surface area contributed by atoms with Gasteiger partial charge in [-0.25, -0.2) is 0 Å². The summed E-state index contributed by atoms with van der Waals surface area (Å²) in [5, 5.41) is 11.7. The predicted octanol–water partition coefficient (Wildman–Crippen LogP) is 1.52. The van der Waals surface area contributed by atoms with E-state index in [1.54, 1.807) is 0 Å². The molecule has 1 N–H and O–H groups in total. The van der Waals surface area contributed by atoms with Crippen LogP contribution in [0.15, 0.2) is 11.4 Å². The molecule has 1 fully saturated rings. The van der Waals surface area contributed by atoms with E-state index in [2.05, 4.69) is 4.90 Å². The van der Waals surface area contributed by atoms with Crippen LogP contribution >= 0.6 is 11.3 Å². The van der Waals surface area contributed by atoms with Gasteiger partial charge >= 0.3 is 0 Å². The zero-order valence-electron chi connectivity index (χ0n) is 8.06. The Bertz CT molecular complexity index is 346. The van der Waals surface area contributed by atoms with Gasteiger partial charge < -0.3 is 10.0 Å². The predicted molar refractivity (Wildman–Crippen MR) is 57.2 cm³/mol. The molecule has 3 nitrogen and oxygen atoms in total. The SMILES string of the molecule is CC1(O)CCN(c2csc(C=O)c2)C1. The molecule has 76 valence electrons. The lowest BCUT2D eigenvalue weighted by Crippen LogP contribution is -2.29. The number of nitrogens with zero attached hydrogens (tertiary/aromatic N) is 1. The third kappa shape index (κ3) is 1.81. The number of aldehydes is 1. The highest BCUT2D eigenvalue weighted by Gasteiger charge is 2.31. The Kier molecular flexibility index (Phi) is 2.33. The van der Waals surface area contributed by atoms with Gasteiger partial charge in [0.1, 0.15) is 0 Å². The van der Waals surface area contributed by atoms with Gasteiger partial charge in [0.25, 0.3) is 0 Å². The number of hydrogen-bond acceptors (Lipinski definition) is 4. The number of aliphatic hydroxyl groups is 1. The second kappa shape index (κ2) is 3.37. The van der Waals surface area contributed by atoms with Gasteiger partial charge in [-0.15, -0.1) is 11.3 Å². The number of hydrogen-bond donors (Lipinski definition) is 1. The molecule has 1 atom stereocenters. The van der Waals surface area contributed by atoms with Gasteiger partial charge in [0.05, 0.1) is 10.5 Å². The Morgan fingerprint density at radius 1 is 1.71 bits per heavy atom. The molecule has 0 spiro atoms. The van der Waals surface area contributed by atoms with Crippen LogP contribution in [0.1, 0.15) is 23.0 Å². The third-order valence-corrected chi connectivity index (χ3v) is 3.38. The highest BCUT2D eigenvalue weighted by molar-refractivity contribution is 7.12. The monoisotopic (exact) mass is 211 g/mol. The van der Waals surface area contributed by atoms with Crippen LogP contribution < -0.4 is 4.90 Å². The smallest absolute Gasteiger partial charge is 0.160 e. The summed E-state index contributed by atoms with van der Waals surface area (Å²) in [5.41, 5.74) is 0.471.